The van der Waals surface area contributed by atoms with Crippen molar-refractivity contribution in [1.29, 1.82) is 0 Å². The Labute approximate surface area is 145 Å². The van der Waals surface area contributed by atoms with Crippen LogP contribution in [0.25, 0.3) is 0 Å². The molecule has 2 aromatic rings. The molecule has 1 fully saturated rings. The van der Waals surface area contributed by atoms with Crippen LogP contribution in [0.4, 0.5) is 16.3 Å². The van der Waals surface area contributed by atoms with E-state index in [4.69, 9.17) is 4.74 Å². The van der Waals surface area contributed by atoms with Gasteiger partial charge in [-0.15, -0.1) is 11.3 Å². The molecule has 4 rings (SSSR count). The number of aromatic nitrogens is 1. The normalized spacial score (nSPS) is 17.5. The van der Waals surface area contributed by atoms with Crippen molar-refractivity contribution in [2.45, 2.75) is 13.0 Å². The summed E-state index contributed by atoms with van der Waals surface area (Å²) in [6.45, 7) is 4.63. The maximum atomic E-state index is 12.4. The van der Waals surface area contributed by atoms with Gasteiger partial charge in [-0.3, -0.25) is 0 Å². The third-order valence-electron chi connectivity index (χ3n) is 4.43. The fraction of sp³-hybridized carbons (Fsp3) is 0.412. The number of nitrogens with zero attached hydrogens (tertiary/aromatic N) is 3. The Morgan fingerprint density at radius 2 is 2.08 bits per heavy atom. The minimum absolute atomic E-state index is 0.0622. The first-order valence-corrected chi connectivity index (χ1v) is 9.07. The number of urea groups is 1. The smallest absolute Gasteiger partial charge is 0.322 e. The predicted molar refractivity (Wildman–Crippen MR) is 94.7 cm³/mol. The summed E-state index contributed by atoms with van der Waals surface area (Å²) in [4.78, 5) is 22.4. The molecule has 2 aromatic heterocycles. The van der Waals surface area contributed by atoms with Gasteiger partial charge in [0, 0.05) is 31.1 Å². The number of rotatable bonds is 2. The maximum Gasteiger partial charge on any atom is 0.322 e. The predicted octanol–water partition coefficient (Wildman–Crippen LogP) is 2.57. The Hall–Kier alpha value is -2.12. The lowest BCUT2D eigenvalue weighted by Crippen LogP contribution is -2.38. The molecule has 0 unspecified atom stereocenters. The number of morpholine rings is 1. The Morgan fingerprint density at radius 3 is 2.88 bits per heavy atom. The van der Waals surface area contributed by atoms with Crippen LogP contribution in [-0.2, 0) is 17.7 Å². The van der Waals surface area contributed by atoms with Crippen LogP contribution in [-0.4, -0.2) is 48.8 Å². The summed E-state index contributed by atoms with van der Waals surface area (Å²) in [6, 6.07) is 5.91. The summed E-state index contributed by atoms with van der Waals surface area (Å²) in [7, 11) is 0. The van der Waals surface area contributed by atoms with E-state index in [1.54, 1.807) is 17.5 Å². The van der Waals surface area contributed by atoms with Gasteiger partial charge in [0.1, 0.15) is 5.82 Å². The molecule has 0 bridgehead atoms. The first-order valence-electron chi connectivity index (χ1n) is 8.19. The third-order valence-corrected chi connectivity index (χ3v) is 5.45. The monoisotopic (exact) mass is 344 g/mol. The first kappa shape index (κ1) is 15.4. The van der Waals surface area contributed by atoms with Gasteiger partial charge in [0.25, 0.3) is 0 Å². The molecule has 2 amide bonds. The molecule has 0 saturated carbocycles. The van der Waals surface area contributed by atoms with Gasteiger partial charge >= 0.3 is 6.03 Å². The fourth-order valence-corrected chi connectivity index (χ4v) is 3.95. The number of carbonyl (C=O) groups is 1. The molecular weight excluding hydrogens is 324 g/mol. The average Bonchev–Trinajstić information content (AvgIpc) is 3.11. The molecule has 1 N–H and O–H groups in total. The molecule has 24 heavy (non-hydrogen) atoms. The molecule has 4 heterocycles. The number of carbonyl (C=O) groups excluding carboxylic acids is 1. The summed E-state index contributed by atoms with van der Waals surface area (Å²) in [6.07, 6.45) is 2.66. The first-order chi connectivity index (χ1) is 11.8. The molecule has 2 aliphatic rings. The summed E-state index contributed by atoms with van der Waals surface area (Å²) >= 11 is 1.78. The van der Waals surface area contributed by atoms with Crippen molar-refractivity contribution >= 4 is 28.9 Å². The van der Waals surface area contributed by atoms with Crippen LogP contribution in [0.5, 0.6) is 0 Å². The zero-order valence-electron chi connectivity index (χ0n) is 13.4. The fourth-order valence-electron chi connectivity index (χ4n) is 3.06. The van der Waals surface area contributed by atoms with Gasteiger partial charge in [-0.25, -0.2) is 9.78 Å². The van der Waals surface area contributed by atoms with Crippen LogP contribution in [0.15, 0.2) is 29.8 Å². The zero-order chi connectivity index (χ0) is 16.4. The molecule has 0 radical (unpaired) electrons. The highest BCUT2D eigenvalue weighted by Gasteiger charge is 2.21. The highest BCUT2D eigenvalue weighted by atomic mass is 32.1. The van der Waals surface area contributed by atoms with Crippen molar-refractivity contribution in [2.24, 2.45) is 0 Å². The van der Waals surface area contributed by atoms with E-state index in [1.807, 2.05) is 17.0 Å². The van der Waals surface area contributed by atoms with Crippen LogP contribution in [0.3, 0.4) is 0 Å². The SMILES string of the molecule is O=C(Nc1ccc(N2CCOCC2)nc1)N1CCc2sccc2C1. The number of hydrogen-bond donors (Lipinski definition) is 1. The van der Waals surface area contributed by atoms with Gasteiger partial charge in [0.05, 0.1) is 25.1 Å². The number of hydrogen-bond acceptors (Lipinski definition) is 5. The molecule has 6 nitrogen and oxygen atoms in total. The van der Waals surface area contributed by atoms with Gasteiger partial charge < -0.3 is 19.9 Å². The second-order valence-corrected chi connectivity index (χ2v) is 6.98. The van der Waals surface area contributed by atoms with Crippen LogP contribution in [0.2, 0.25) is 0 Å². The van der Waals surface area contributed by atoms with E-state index in [-0.39, 0.29) is 6.03 Å². The largest absolute Gasteiger partial charge is 0.378 e. The van der Waals surface area contributed by atoms with Gasteiger partial charge in [-0.05, 0) is 35.6 Å². The number of fused-ring (bicyclic) bond motifs is 1. The van der Waals surface area contributed by atoms with E-state index >= 15 is 0 Å². The number of ether oxygens (including phenoxy) is 1. The molecule has 0 aliphatic carbocycles. The number of nitrogens with one attached hydrogen (secondary N) is 1. The molecule has 126 valence electrons. The molecule has 0 atom stereocenters. The lowest BCUT2D eigenvalue weighted by Gasteiger charge is -2.28. The van der Waals surface area contributed by atoms with Crippen molar-refractivity contribution in [3.05, 3.63) is 40.2 Å². The Balaban J connectivity index is 1.37. The number of pyridine rings is 1. The van der Waals surface area contributed by atoms with Gasteiger partial charge in [0.15, 0.2) is 0 Å². The van der Waals surface area contributed by atoms with Gasteiger partial charge in [-0.2, -0.15) is 0 Å². The molecule has 1 saturated heterocycles. The van der Waals surface area contributed by atoms with Crippen LogP contribution < -0.4 is 10.2 Å². The standard InChI is InChI=1S/C17H20N4O2S/c22-17(21-5-3-15-13(12-21)4-10-24-15)19-14-1-2-16(18-11-14)20-6-8-23-9-7-20/h1-2,4,10-11H,3,5-9,12H2,(H,19,22). The highest BCUT2D eigenvalue weighted by Crippen LogP contribution is 2.24. The molecule has 2 aliphatic heterocycles. The summed E-state index contributed by atoms with van der Waals surface area (Å²) in [5, 5.41) is 5.05. The number of anilines is 2. The van der Waals surface area contributed by atoms with Crippen LogP contribution in [0.1, 0.15) is 10.4 Å². The molecule has 0 aromatic carbocycles. The second-order valence-electron chi connectivity index (χ2n) is 5.98. The van der Waals surface area contributed by atoms with E-state index in [9.17, 15) is 4.79 Å². The van der Waals surface area contributed by atoms with Crippen molar-refractivity contribution in [3.63, 3.8) is 0 Å². The number of amides is 2. The Kier molecular flexibility index (Phi) is 4.36. The topological polar surface area (TPSA) is 57.7 Å². The van der Waals surface area contributed by atoms with Gasteiger partial charge in [0.2, 0.25) is 0 Å². The van der Waals surface area contributed by atoms with Crippen molar-refractivity contribution < 1.29 is 9.53 Å². The third kappa shape index (κ3) is 3.22. The van der Waals surface area contributed by atoms with Crippen molar-refractivity contribution in [2.75, 3.05) is 43.1 Å². The lowest BCUT2D eigenvalue weighted by molar-refractivity contribution is 0.122. The molecular formula is C17H20N4O2S. The summed E-state index contributed by atoms with van der Waals surface area (Å²) < 4.78 is 5.35. The molecule has 7 heteroatoms. The maximum absolute atomic E-state index is 12.4. The van der Waals surface area contributed by atoms with Gasteiger partial charge in [-0.1, -0.05) is 0 Å². The second kappa shape index (κ2) is 6.78. The van der Waals surface area contributed by atoms with Crippen LogP contribution >= 0.6 is 11.3 Å². The molecule has 0 spiro atoms. The van der Waals surface area contributed by atoms with Crippen molar-refractivity contribution in [3.8, 4) is 0 Å². The minimum Gasteiger partial charge on any atom is -0.378 e. The summed E-state index contributed by atoms with van der Waals surface area (Å²) in [5.74, 6) is 0.928. The highest BCUT2D eigenvalue weighted by molar-refractivity contribution is 7.10. The van der Waals surface area contributed by atoms with Crippen molar-refractivity contribution in [1.82, 2.24) is 9.88 Å². The Bertz CT molecular complexity index is 710. The number of thiophene rings is 1. The van der Waals surface area contributed by atoms with E-state index in [0.29, 0.717) is 6.54 Å². The van der Waals surface area contributed by atoms with E-state index < -0.39 is 0 Å². The zero-order valence-corrected chi connectivity index (χ0v) is 14.2. The van der Waals surface area contributed by atoms with E-state index in [0.717, 1.165) is 50.8 Å². The summed E-state index contributed by atoms with van der Waals surface area (Å²) in [5.41, 5.74) is 2.00. The van der Waals surface area contributed by atoms with E-state index in [2.05, 4.69) is 26.6 Å². The lowest BCUT2D eigenvalue weighted by atomic mass is 10.1. The average molecular weight is 344 g/mol. The van der Waals surface area contributed by atoms with Crippen LogP contribution in [0, 0.1) is 0 Å². The quantitative estimate of drug-likeness (QED) is 0.910. The minimum atomic E-state index is -0.0622. The Morgan fingerprint density at radius 1 is 1.21 bits per heavy atom. The van der Waals surface area contributed by atoms with E-state index in [1.165, 1.54) is 10.4 Å².